The minimum absolute atomic E-state index is 0.158. The molecule has 0 fully saturated rings. The maximum atomic E-state index is 12.7. The van der Waals surface area contributed by atoms with Crippen LogP contribution in [0.4, 0.5) is 0 Å². The maximum absolute atomic E-state index is 12.7. The molecular weight excluding hydrogens is 344 g/mol. The lowest BCUT2D eigenvalue weighted by atomic mass is 10.1. The van der Waals surface area contributed by atoms with Gasteiger partial charge in [-0.15, -0.1) is 0 Å². The second-order valence-corrected chi connectivity index (χ2v) is 8.88. The van der Waals surface area contributed by atoms with E-state index in [4.69, 9.17) is 0 Å². The Morgan fingerprint density at radius 2 is 1.75 bits per heavy atom. The predicted molar refractivity (Wildman–Crippen MR) is 95.0 cm³/mol. The average Bonchev–Trinajstić information content (AvgIpc) is 2.95. The Hall–Kier alpha value is -1.77. The van der Waals surface area contributed by atoms with Crippen LogP contribution in [0.2, 0.25) is 0 Å². The van der Waals surface area contributed by atoms with E-state index in [1.54, 1.807) is 10.6 Å². The Bertz CT molecular complexity index is 1030. The lowest BCUT2D eigenvalue weighted by Gasteiger charge is -2.12. The number of hydrogen-bond acceptors (Lipinski definition) is 5. The lowest BCUT2D eigenvalue weighted by Crippen LogP contribution is -2.25. The van der Waals surface area contributed by atoms with Crippen molar-refractivity contribution in [1.29, 1.82) is 0 Å². The Labute approximate surface area is 145 Å². The number of sulfonamides is 1. The summed E-state index contributed by atoms with van der Waals surface area (Å²) in [6, 6.07) is 3.62. The van der Waals surface area contributed by atoms with Crippen LogP contribution in [0.5, 0.6) is 0 Å². The van der Waals surface area contributed by atoms with Crippen LogP contribution in [-0.2, 0) is 16.6 Å². The first-order valence-corrected chi connectivity index (χ1v) is 9.88. The van der Waals surface area contributed by atoms with E-state index in [9.17, 15) is 8.42 Å². The highest BCUT2D eigenvalue weighted by Gasteiger charge is 2.20. The van der Waals surface area contributed by atoms with Crippen molar-refractivity contribution in [1.82, 2.24) is 19.3 Å². The predicted octanol–water partition coefficient (Wildman–Crippen LogP) is 2.81. The second-order valence-electron chi connectivity index (χ2n) is 5.99. The van der Waals surface area contributed by atoms with Gasteiger partial charge in [-0.2, -0.15) is 5.10 Å². The molecule has 1 aromatic carbocycles. The van der Waals surface area contributed by atoms with Gasteiger partial charge in [0.25, 0.3) is 0 Å². The minimum Gasteiger partial charge on any atom is -0.223 e. The van der Waals surface area contributed by atoms with Gasteiger partial charge in [0.1, 0.15) is 5.01 Å². The molecule has 0 aliphatic rings. The van der Waals surface area contributed by atoms with Crippen LogP contribution in [0, 0.1) is 34.6 Å². The van der Waals surface area contributed by atoms with Gasteiger partial charge in [-0.25, -0.2) is 22.6 Å². The van der Waals surface area contributed by atoms with Gasteiger partial charge in [0.05, 0.1) is 22.8 Å². The van der Waals surface area contributed by atoms with Crippen LogP contribution in [0.15, 0.2) is 17.0 Å². The second kappa shape index (κ2) is 5.94. The topological polar surface area (TPSA) is 76.4 Å². The molecule has 128 valence electrons. The van der Waals surface area contributed by atoms with E-state index in [0.717, 1.165) is 38.0 Å². The number of aromatic nitrogens is 3. The molecule has 2 heterocycles. The third-order valence-electron chi connectivity index (χ3n) is 4.11. The van der Waals surface area contributed by atoms with Gasteiger partial charge in [0, 0.05) is 0 Å². The Balaban J connectivity index is 1.92. The summed E-state index contributed by atoms with van der Waals surface area (Å²) in [5.41, 5.74) is 4.33. The maximum Gasteiger partial charge on any atom is 0.241 e. The number of fused-ring (bicyclic) bond motifs is 1. The van der Waals surface area contributed by atoms with Crippen molar-refractivity contribution < 1.29 is 8.42 Å². The molecule has 1 N–H and O–H groups in total. The van der Waals surface area contributed by atoms with E-state index < -0.39 is 10.0 Å². The fourth-order valence-electron chi connectivity index (χ4n) is 2.65. The van der Waals surface area contributed by atoms with Gasteiger partial charge in [-0.1, -0.05) is 17.4 Å². The zero-order valence-corrected chi connectivity index (χ0v) is 16.0. The summed E-state index contributed by atoms with van der Waals surface area (Å²) in [5, 5.41) is 5.28. The number of nitrogens with one attached hydrogen (secondary N) is 1. The van der Waals surface area contributed by atoms with E-state index in [2.05, 4.69) is 14.8 Å². The van der Waals surface area contributed by atoms with Crippen molar-refractivity contribution in [3.8, 4) is 0 Å². The van der Waals surface area contributed by atoms with E-state index in [0.29, 0.717) is 4.90 Å². The summed E-state index contributed by atoms with van der Waals surface area (Å²) in [7, 11) is -3.60. The zero-order chi connectivity index (χ0) is 17.6. The Kier molecular flexibility index (Phi) is 4.23. The fourth-order valence-corrected chi connectivity index (χ4v) is 4.76. The summed E-state index contributed by atoms with van der Waals surface area (Å²) in [6.07, 6.45) is 0. The molecule has 0 saturated heterocycles. The number of aryl methyl sites for hydroxylation is 5. The largest absolute Gasteiger partial charge is 0.241 e. The molecule has 0 atom stereocenters. The zero-order valence-electron chi connectivity index (χ0n) is 14.3. The number of imidazole rings is 1. The molecule has 0 spiro atoms. The van der Waals surface area contributed by atoms with Crippen molar-refractivity contribution in [2.24, 2.45) is 0 Å². The van der Waals surface area contributed by atoms with Crippen molar-refractivity contribution in [3.05, 3.63) is 45.2 Å². The van der Waals surface area contributed by atoms with Gasteiger partial charge >= 0.3 is 0 Å². The first kappa shape index (κ1) is 17.1. The van der Waals surface area contributed by atoms with Crippen molar-refractivity contribution in [2.75, 3.05) is 0 Å². The van der Waals surface area contributed by atoms with Gasteiger partial charge in [-0.3, -0.25) is 0 Å². The first-order chi connectivity index (χ1) is 11.2. The molecule has 0 amide bonds. The molecule has 24 heavy (non-hydrogen) atoms. The van der Waals surface area contributed by atoms with Crippen molar-refractivity contribution >= 4 is 26.3 Å². The summed E-state index contributed by atoms with van der Waals surface area (Å²) in [6.45, 7) is 9.63. The molecule has 2 aromatic heterocycles. The van der Waals surface area contributed by atoms with Crippen LogP contribution in [0.3, 0.4) is 0 Å². The monoisotopic (exact) mass is 364 g/mol. The summed E-state index contributed by atoms with van der Waals surface area (Å²) >= 11 is 1.49. The lowest BCUT2D eigenvalue weighted by molar-refractivity contribution is 0.578. The van der Waals surface area contributed by atoms with Crippen LogP contribution >= 0.6 is 11.3 Å². The van der Waals surface area contributed by atoms with E-state index in [-0.39, 0.29) is 6.54 Å². The fraction of sp³-hybridized carbons (Fsp3) is 0.375. The Morgan fingerprint density at radius 1 is 1.08 bits per heavy atom. The summed E-state index contributed by atoms with van der Waals surface area (Å²) < 4.78 is 29.8. The molecule has 6 nitrogen and oxygen atoms in total. The van der Waals surface area contributed by atoms with Crippen LogP contribution in [0.25, 0.3) is 4.96 Å². The molecule has 0 unspecified atom stereocenters. The molecule has 0 bridgehead atoms. The van der Waals surface area contributed by atoms with Gasteiger partial charge in [-0.05, 0) is 57.4 Å². The summed E-state index contributed by atoms with van der Waals surface area (Å²) in [4.78, 5) is 5.53. The highest BCUT2D eigenvalue weighted by molar-refractivity contribution is 7.89. The highest BCUT2D eigenvalue weighted by atomic mass is 32.2. The first-order valence-electron chi connectivity index (χ1n) is 7.58. The average molecular weight is 364 g/mol. The van der Waals surface area contributed by atoms with Gasteiger partial charge in [0.15, 0.2) is 0 Å². The number of benzene rings is 1. The molecule has 3 aromatic rings. The van der Waals surface area contributed by atoms with Crippen LogP contribution in [-0.4, -0.2) is 23.0 Å². The molecular formula is C16H20N4O2S2. The quantitative estimate of drug-likeness (QED) is 0.772. The number of hydrogen-bond donors (Lipinski definition) is 1. The normalized spacial score (nSPS) is 12.2. The van der Waals surface area contributed by atoms with E-state index >= 15 is 0 Å². The van der Waals surface area contributed by atoms with Crippen molar-refractivity contribution in [3.63, 3.8) is 0 Å². The van der Waals surface area contributed by atoms with Gasteiger partial charge in [0.2, 0.25) is 15.0 Å². The van der Waals surface area contributed by atoms with Crippen LogP contribution in [0.1, 0.15) is 33.1 Å². The number of nitrogens with zero attached hydrogens (tertiary/aromatic N) is 3. The standard InChI is InChI=1S/C16H20N4O2S2/c1-9-6-11(3)15(7-10(9)2)24(21,22)17-8-14-12(4)18-16-20(14)19-13(5)23-16/h6-7,17H,8H2,1-5H3. The molecule has 0 saturated carbocycles. The third-order valence-corrected chi connectivity index (χ3v) is 6.48. The Morgan fingerprint density at radius 3 is 2.46 bits per heavy atom. The molecule has 8 heteroatoms. The molecule has 0 aliphatic carbocycles. The van der Waals surface area contributed by atoms with E-state index in [1.807, 2.05) is 40.7 Å². The third kappa shape index (κ3) is 2.97. The van der Waals surface area contributed by atoms with Crippen LogP contribution < -0.4 is 4.72 Å². The van der Waals surface area contributed by atoms with Gasteiger partial charge < -0.3 is 0 Å². The smallest absolute Gasteiger partial charge is 0.223 e. The summed E-state index contributed by atoms with van der Waals surface area (Å²) in [5.74, 6) is 0. The highest BCUT2D eigenvalue weighted by Crippen LogP contribution is 2.21. The minimum atomic E-state index is -3.60. The van der Waals surface area contributed by atoms with Crippen molar-refractivity contribution in [2.45, 2.75) is 46.1 Å². The molecule has 0 radical (unpaired) electrons. The molecule has 0 aliphatic heterocycles. The van der Waals surface area contributed by atoms with E-state index in [1.165, 1.54) is 11.3 Å². The number of rotatable bonds is 4. The SMILES string of the molecule is Cc1nn2c(CNS(=O)(=O)c3cc(C)c(C)cc3C)c(C)nc2s1. The molecule has 3 rings (SSSR count).